The topological polar surface area (TPSA) is 67.6 Å². The molecule has 0 spiro atoms. The second-order valence-corrected chi connectivity index (χ2v) is 7.35. The largest absolute Gasteiger partial charge is 0.381 e. The van der Waals surface area contributed by atoms with Gasteiger partial charge in [-0.15, -0.1) is 24.8 Å². The van der Waals surface area contributed by atoms with Crippen LogP contribution in [-0.4, -0.2) is 43.2 Å². The smallest absolute Gasteiger partial charge is 0.237 e. The summed E-state index contributed by atoms with van der Waals surface area (Å²) in [5, 5.41) is 2.98. The van der Waals surface area contributed by atoms with Gasteiger partial charge >= 0.3 is 0 Å². The van der Waals surface area contributed by atoms with E-state index in [2.05, 4.69) is 34.5 Å². The van der Waals surface area contributed by atoms with E-state index in [1.807, 2.05) is 0 Å². The van der Waals surface area contributed by atoms with Crippen LogP contribution in [0.3, 0.4) is 0 Å². The number of nitrogens with two attached hydrogens (primary N) is 1. The molecular formula is C20H33Cl2N3O2. The van der Waals surface area contributed by atoms with Crippen LogP contribution in [0.25, 0.3) is 0 Å². The Labute approximate surface area is 175 Å². The van der Waals surface area contributed by atoms with E-state index >= 15 is 0 Å². The fourth-order valence-corrected chi connectivity index (χ4v) is 3.73. The van der Waals surface area contributed by atoms with Gasteiger partial charge in [0.2, 0.25) is 5.91 Å². The SMILES string of the molecule is Cl.Cl.NC(C(=O)NCc1ccc(CN2CCCCC2)cc1)C1CCOCC1. The summed E-state index contributed by atoms with van der Waals surface area (Å²) in [7, 11) is 0. The second-order valence-electron chi connectivity index (χ2n) is 7.35. The van der Waals surface area contributed by atoms with E-state index in [1.165, 1.54) is 37.9 Å². The van der Waals surface area contributed by atoms with Crippen molar-refractivity contribution in [2.24, 2.45) is 11.7 Å². The van der Waals surface area contributed by atoms with E-state index in [0.29, 0.717) is 19.8 Å². The molecule has 2 aliphatic heterocycles. The summed E-state index contributed by atoms with van der Waals surface area (Å²) in [5.41, 5.74) is 8.57. The zero-order valence-electron chi connectivity index (χ0n) is 15.9. The monoisotopic (exact) mass is 417 g/mol. The second kappa shape index (κ2) is 12.6. The number of benzene rings is 1. The van der Waals surface area contributed by atoms with Crippen molar-refractivity contribution in [2.45, 2.75) is 51.2 Å². The Kier molecular flexibility index (Phi) is 11.3. The van der Waals surface area contributed by atoms with Gasteiger partial charge in [0.25, 0.3) is 0 Å². The molecule has 0 radical (unpaired) electrons. The predicted molar refractivity (Wildman–Crippen MR) is 113 cm³/mol. The van der Waals surface area contributed by atoms with Gasteiger partial charge in [-0.3, -0.25) is 9.69 Å². The van der Waals surface area contributed by atoms with E-state index in [-0.39, 0.29) is 36.6 Å². The number of piperidine rings is 1. The van der Waals surface area contributed by atoms with Crippen LogP contribution in [0, 0.1) is 5.92 Å². The molecule has 3 N–H and O–H groups in total. The van der Waals surface area contributed by atoms with Crippen molar-refractivity contribution in [3.05, 3.63) is 35.4 Å². The summed E-state index contributed by atoms with van der Waals surface area (Å²) in [4.78, 5) is 14.8. The standard InChI is InChI=1S/C20H31N3O2.2ClH/c21-19(18-8-12-25-13-9-18)20(24)22-14-16-4-6-17(7-5-16)15-23-10-2-1-3-11-23;;/h4-7,18-19H,1-3,8-15,21H2,(H,22,24);2*1H. The lowest BCUT2D eigenvalue weighted by Gasteiger charge is -2.27. The van der Waals surface area contributed by atoms with Gasteiger partial charge in [-0.25, -0.2) is 0 Å². The minimum absolute atomic E-state index is 0. The van der Waals surface area contributed by atoms with Crippen LogP contribution in [0.1, 0.15) is 43.2 Å². The molecule has 27 heavy (non-hydrogen) atoms. The van der Waals surface area contributed by atoms with Crippen LogP contribution in [0.15, 0.2) is 24.3 Å². The van der Waals surface area contributed by atoms with Crippen molar-refractivity contribution in [3.63, 3.8) is 0 Å². The molecule has 7 heteroatoms. The Morgan fingerprint density at radius 2 is 1.67 bits per heavy atom. The number of carbonyl (C=O) groups is 1. The first-order valence-corrected chi connectivity index (χ1v) is 9.63. The van der Waals surface area contributed by atoms with Gasteiger partial charge in [0, 0.05) is 26.3 Å². The molecule has 154 valence electrons. The predicted octanol–water partition coefficient (Wildman–Crippen LogP) is 2.89. The third-order valence-corrected chi connectivity index (χ3v) is 5.42. The molecule has 2 saturated heterocycles. The van der Waals surface area contributed by atoms with E-state index < -0.39 is 6.04 Å². The normalized spacial score (nSPS) is 19.4. The molecule has 1 amide bonds. The van der Waals surface area contributed by atoms with Crippen LogP contribution < -0.4 is 11.1 Å². The molecule has 0 aliphatic carbocycles. The van der Waals surface area contributed by atoms with Gasteiger partial charge in [-0.2, -0.15) is 0 Å². The summed E-state index contributed by atoms with van der Waals surface area (Å²) in [6.07, 6.45) is 5.75. The molecule has 0 saturated carbocycles. The first-order valence-electron chi connectivity index (χ1n) is 9.63. The molecule has 0 bridgehead atoms. The van der Waals surface area contributed by atoms with Crippen LogP contribution >= 0.6 is 24.8 Å². The first-order chi connectivity index (χ1) is 12.2. The summed E-state index contributed by atoms with van der Waals surface area (Å²) in [6.45, 7) is 5.42. The molecule has 1 aromatic rings. The summed E-state index contributed by atoms with van der Waals surface area (Å²) >= 11 is 0. The van der Waals surface area contributed by atoms with Gasteiger partial charge < -0.3 is 15.8 Å². The molecule has 2 heterocycles. The zero-order valence-corrected chi connectivity index (χ0v) is 17.5. The minimum Gasteiger partial charge on any atom is -0.381 e. The van der Waals surface area contributed by atoms with Gasteiger partial charge in [-0.05, 0) is 55.8 Å². The van der Waals surface area contributed by atoms with Crippen LogP contribution in [-0.2, 0) is 22.6 Å². The Balaban J connectivity index is 0.00000182. The highest BCUT2D eigenvalue weighted by molar-refractivity contribution is 5.85. The maximum absolute atomic E-state index is 12.3. The number of likely N-dealkylation sites (tertiary alicyclic amines) is 1. The lowest BCUT2D eigenvalue weighted by molar-refractivity contribution is -0.124. The molecule has 5 nitrogen and oxygen atoms in total. The third-order valence-electron chi connectivity index (χ3n) is 5.42. The molecular weight excluding hydrogens is 385 g/mol. The molecule has 2 fully saturated rings. The number of nitrogens with one attached hydrogen (secondary N) is 1. The fourth-order valence-electron chi connectivity index (χ4n) is 3.73. The lowest BCUT2D eigenvalue weighted by atomic mass is 9.92. The van der Waals surface area contributed by atoms with Crippen molar-refractivity contribution in [3.8, 4) is 0 Å². The Morgan fingerprint density at radius 3 is 2.30 bits per heavy atom. The summed E-state index contributed by atoms with van der Waals surface area (Å²) in [6, 6.07) is 8.14. The minimum atomic E-state index is -0.428. The molecule has 1 atom stereocenters. The molecule has 3 rings (SSSR count). The Morgan fingerprint density at radius 1 is 1.07 bits per heavy atom. The number of ether oxygens (including phenoxy) is 1. The van der Waals surface area contributed by atoms with E-state index in [9.17, 15) is 4.79 Å². The van der Waals surface area contributed by atoms with Crippen molar-refractivity contribution in [1.82, 2.24) is 10.2 Å². The van der Waals surface area contributed by atoms with Crippen molar-refractivity contribution < 1.29 is 9.53 Å². The average Bonchev–Trinajstić information content (AvgIpc) is 2.68. The van der Waals surface area contributed by atoms with Crippen molar-refractivity contribution in [1.29, 1.82) is 0 Å². The number of amides is 1. The highest BCUT2D eigenvalue weighted by Gasteiger charge is 2.26. The maximum Gasteiger partial charge on any atom is 0.237 e. The lowest BCUT2D eigenvalue weighted by Crippen LogP contribution is -2.46. The number of carbonyl (C=O) groups excluding carboxylic acids is 1. The van der Waals surface area contributed by atoms with Gasteiger partial charge in [0.1, 0.15) is 0 Å². The zero-order chi connectivity index (χ0) is 17.5. The molecule has 0 aromatic heterocycles. The number of hydrogen-bond donors (Lipinski definition) is 2. The van der Waals surface area contributed by atoms with Crippen LogP contribution in [0.4, 0.5) is 0 Å². The quantitative estimate of drug-likeness (QED) is 0.746. The molecule has 1 unspecified atom stereocenters. The number of rotatable bonds is 6. The van der Waals surface area contributed by atoms with E-state index in [4.69, 9.17) is 10.5 Å². The fraction of sp³-hybridized carbons (Fsp3) is 0.650. The maximum atomic E-state index is 12.3. The van der Waals surface area contributed by atoms with Gasteiger partial charge in [0.05, 0.1) is 6.04 Å². The highest BCUT2D eigenvalue weighted by atomic mass is 35.5. The highest BCUT2D eigenvalue weighted by Crippen LogP contribution is 2.18. The summed E-state index contributed by atoms with van der Waals surface area (Å²) in [5.74, 6) is 0.185. The van der Waals surface area contributed by atoms with Crippen LogP contribution in [0.2, 0.25) is 0 Å². The van der Waals surface area contributed by atoms with Gasteiger partial charge in [0.15, 0.2) is 0 Å². The average molecular weight is 418 g/mol. The van der Waals surface area contributed by atoms with Crippen LogP contribution in [0.5, 0.6) is 0 Å². The van der Waals surface area contributed by atoms with Crippen molar-refractivity contribution >= 4 is 30.7 Å². The van der Waals surface area contributed by atoms with E-state index in [1.54, 1.807) is 0 Å². The number of nitrogens with zero attached hydrogens (tertiary/aromatic N) is 1. The molecule has 1 aromatic carbocycles. The van der Waals surface area contributed by atoms with Gasteiger partial charge in [-0.1, -0.05) is 30.7 Å². The summed E-state index contributed by atoms with van der Waals surface area (Å²) < 4.78 is 5.33. The van der Waals surface area contributed by atoms with E-state index in [0.717, 1.165) is 24.9 Å². The third kappa shape index (κ3) is 7.59. The van der Waals surface area contributed by atoms with Crippen molar-refractivity contribution in [2.75, 3.05) is 26.3 Å². The number of halogens is 2. The Bertz CT molecular complexity index is 545. The first kappa shape index (κ1) is 24.2. The molecule has 2 aliphatic rings. The Hall–Kier alpha value is -0.850. The number of hydrogen-bond acceptors (Lipinski definition) is 4.